The van der Waals surface area contributed by atoms with Gasteiger partial charge in [0.1, 0.15) is 17.3 Å². The van der Waals surface area contributed by atoms with E-state index in [4.69, 9.17) is 4.74 Å². The molecule has 0 spiro atoms. The molecule has 1 fully saturated rings. The number of benzene rings is 2. The number of nitrogens with one attached hydrogen (secondary N) is 1. The summed E-state index contributed by atoms with van der Waals surface area (Å²) in [6.45, 7) is 4.74. The number of likely N-dealkylation sites (tertiary alicyclic amines) is 1. The highest BCUT2D eigenvalue weighted by Gasteiger charge is 2.26. The number of pyridine rings is 1. The summed E-state index contributed by atoms with van der Waals surface area (Å²) in [6.07, 6.45) is 2.97. The van der Waals surface area contributed by atoms with Crippen LogP contribution in [0.2, 0.25) is 0 Å². The van der Waals surface area contributed by atoms with Crippen LogP contribution in [0.4, 0.5) is 5.82 Å². The minimum absolute atomic E-state index is 0.0498. The Kier molecular flexibility index (Phi) is 8.34. The number of ether oxygens (including phenoxy) is 1. The Labute approximate surface area is 208 Å². The third-order valence-corrected chi connectivity index (χ3v) is 6.47. The first-order chi connectivity index (χ1) is 17.0. The van der Waals surface area contributed by atoms with Gasteiger partial charge in [-0.25, -0.2) is 4.98 Å². The van der Waals surface area contributed by atoms with Gasteiger partial charge in [0.05, 0.1) is 0 Å². The number of hydrogen-bond acceptors (Lipinski definition) is 6. The molecule has 7 nitrogen and oxygen atoms in total. The van der Waals surface area contributed by atoms with Gasteiger partial charge in [0, 0.05) is 64.6 Å². The molecule has 184 valence electrons. The Balaban J connectivity index is 1.38. The molecule has 3 aromatic rings. The van der Waals surface area contributed by atoms with E-state index in [0.29, 0.717) is 23.9 Å². The van der Waals surface area contributed by atoms with Crippen molar-refractivity contribution in [1.29, 1.82) is 0 Å². The van der Waals surface area contributed by atoms with Crippen LogP contribution >= 0.6 is 0 Å². The van der Waals surface area contributed by atoms with Crippen LogP contribution in [-0.2, 0) is 6.54 Å². The molecule has 0 bridgehead atoms. The Morgan fingerprint density at radius 3 is 2.69 bits per heavy atom. The average Bonchev–Trinajstić information content (AvgIpc) is 3.36. The summed E-state index contributed by atoms with van der Waals surface area (Å²) in [5, 5.41) is 3.22. The fourth-order valence-electron chi connectivity index (χ4n) is 4.42. The van der Waals surface area contributed by atoms with Crippen LogP contribution < -0.4 is 15.0 Å². The van der Waals surface area contributed by atoms with Gasteiger partial charge in [-0.15, -0.1) is 0 Å². The number of carbonyl (C=O) groups is 1. The molecule has 1 saturated heterocycles. The van der Waals surface area contributed by atoms with E-state index >= 15 is 0 Å². The van der Waals surface area contributed by atoms with Crippen molar-refractivity contribution in [2.24, 2.45) is 0 Å². The average molecular weight is 474 g/mol. The molecule has 1 aliphatic heterocycles. The molecule has 2 heterocycles. The molecule has 1 amide bonds. The number of anilines is 1. The van der Waals surface area contributed by atoms with Gasteiger partial charge in [0.25, 0.3) is 5.91 Å². The van der Waals surface area contributed by atoms with Gasteiger partial charge < -0.3 is 19.9 Å². The summed E-state index contributed by atoms with van der Waals surface area (Å²) < 4.78 is 5.90. The second-order valence-corrected chi connectivity index (χ2v) is 9.08. The summed E-state index contributed by atoms with van der Waals surface area (Å²) in [7, 11) is 5.94. The van der Waals surface area contributed by atoms with E-state index in [1.807, 2.05) is 74.9 Å². The molecule has 2 aromatic carbocycles. The number of rotatable bonds is 10. The van der Waals surface area contributed by atoms with Gasteiger partial charge in [0.2, 0.25) is 0 Å². The molecule has 0 radical (unpaired) electrons. The number of para-hydroxylation sites is 1. The van der Waals surface area contributed by atoms with E-state index in [9.17, 15) is 4.79 Å². The predicted octanol–water partition coefficient (Wildman–Crippen LogP) is 3.88. The lowest BCUT2D eigenvalue weighted by Crippen LogP contribution is -2.36. The van der Waals surface area contributed by atoms with E-state index in [1.165, 1.54) is 0 Å². The Bertz CT molecular complexity index is 1110. The highest BCUT2D eigenvalue weighted by Crippen LogP contribution is 2.24. The van der Waals surface area contributed by atoms with Gasteiger partial charge >= 0.3 is 0 Å². The van der Waals surface area contributed by atoms with Crippen molar-refractivity contribution in [3.63, 3.8) is 0 Å². The lowest BCUT2D eigenvalue weighted by Gasteiger charge is -2.27. The normalized spacial score (nSPS) is 15.7. The minimum Gasteiger partial charge on any atom is -0.457 e. The third-order valence-electron chi connectivity index (χ3n) is 6.47. The lowest BCUT2D eigenvalue weighted by molar-refractivity contribution is 0.0784. The minimum atomic E-state index is -0.0498. The molecule has 1 aliphatic rings. The Morgan fingerprint density at radius 2 is 1.89 bits per heavy atom. The van der Waals surface area contributed by atoms with E-state index in [0.717, 1.165) is 49.7 Å². The van der Waals surface area contributed by atoms with Crippen molar-refractivity contribution in [2.75, 3.05) is 52.2 Å². The van der Waals surface area contributed by atoms with Crippen molar-refractivity contribution < 1.29 is 9.53 Å². The van der Waals surface area contributed by atoms with Gasteiger partial charge in [-0.3, -0.25) is 9.69 Å². The third kappa shape index (κ3) is 6.59. The van der Waals surface area contributed by atoms with Crippen molar-refractivity contribution in [2.45, 2.75) is 19.0 Å². The number of hydrogen-bond donors (Lipinski definition) is 1. The monoisotopic (exact) mass is 473 g/mol. The molecule has 1 unspecified atom stereocenters. The Morgan fingerprint density at radius 1 is 1.09 bits per heavy atom. The summed E-state index contributed by atoms with van der Waals surface area (Å²) in [5.74, 6) is 2.28. The first-order valence-electron chi connectivity index (χ1n) is 12.2. The highest BCUT2D eigenvalue weighted by atomic mass is 16.5. The van der Waals surface area contributed by atoms with E-state index in [2.05, 4.69) is 33.2 Å². The molecule has 35 heavy (non-hydrogen) atoms. The maximum absolute atomic E-state index is 13.1. The van der Waals surface area contributed by atoms with E-state index in [-0.39, 0.29) is 5.91 Å². The summed E-state index contributed by atoms with van der Waals surface area (Å²) in [5.41, 5.74) is 1.65. The summed E-state index contributed by atoms with van der Waals surface area (Å²) >= 11 is 0. The highest BCUT2D eigenvalue weighted by molar-refractivity contribution is 5.94. The molecule has 1 aromatic heterocycles. The van der Waals surface area contributed by atoms with Crippen LogP contribution in [0.3, 0.4) is 0 Å². The SMILES string of the molecule is CNCCN1CCC(N(C)c2cc(CN(C)C(=O)c3cccc(Oc4ccccc4)c3)ccn2)C1. The molecular formula is C28H35N5O2. The van der Waals surface area contributed by atoms with Crippen LogP contribution in [0.15, 0.2) is 72.9 Å². The maximum Gasteiger partial charge on any atom is 0.254 e. The smallest absolute Gasteiger partial charge is 0.254 e. The summed E-state index contributed by atoms with van der Waals surface area (Å²) in [6, 6.07) is 21.4. The van der Waals surface area contributed by atoms with Crippen molar-refractivity contribution >= 4 is 11.7 Å². The molecule has 1 atom stereocenters. The fourth-order valence-corrected chi connectivity index (χ4v) is 4.42. The Hall–Kier alpha value is -3.42. The maximum atomic E-state index is 13.1. The van der Waals surface area contributed by atoms with Crippen LogP contribution in [0.5, 0.6) is 11.5 Å². The molecule has 4 rings (SSSR count). The van der Waals surface area contributed by atoms with Gasteiger partial charge in [-0.05, 0) is 61.5 Å². The zero-order valence-corrected chi connectivity index (χ0v) is 20.9. The predicted molar refractivity (Wildman–Crippen MR) is 140 cm³/mol. The van der Waals surface area contributed by atoms with Gasteiger partial charge in [-0.1, -0.05) is 24.3 Å². The molecule has 0 aliphatic carbocycles. The number of likely N-dealkylation sites (N-methyl/N-ethyl adjacent to an activating group) is 2. The molecule has 7 heteroatoms. The fraction of sp³-hybridized carbons (Fsp3) is 0.357. The van der Waals surface area contributed by atoms with Gasteiger partial charge in [0.15, 0.2) is 0 Å². The summed E-state index contributed by atoms with van der Waals surface area (Å²) in [4.78, 5) is 24.2. The number of nitrogens with zero attached hydrogens (tertiary/aromatic N) is 4. The van der Waals surface area contributed by atoms with Crippen LogP contribution in [0.25, 0.3) is 0 Å². The van der Waals surface area contributed by atoms with Crippen LogP contribution in [0, 0.1) is 0 Å². The standard InChI is InChI=1S/C28H35N5O2/c1-29-15-17-33-16-13-24(21-33)32(3)27-18-22(12-14-30-27)20-31(2)28(34)23-8-7-11-26(19-23)35-25-9-5-4-6-10-25/h4-12,14,18-19,24,29H,13,15-17,20-21H2,1-3H3. The topological polar surface area (TPSA) is 60.9 Å². The lowest BCUT2D eigenvalue weighted by atomic mass is 10.1. The number of carbonyl (C=O) groups excluding carboxylic acids is 1. The van der Waals surface area contributed by atoms with Crippen molar-refractivity contribution in [3.8, 4) is 11.5 Å². The molecule has 1 N–H and O–H groups in total. The number of amides is 1. The first-order valence-corrected chi connectivity index (χ1v) is 12.2. The quantitative estimate of drug-likeness (QED) is 0.482. The number of aromatic nitrogens is 1. The van der Waals surface area contributed by atoms with Gasteiger partial charge in [-0.2, -0.15) is 0 Å². The first kappa shape index (κ1) is 24.7. The van der Waals surface area contributed by atoms with E-state index < -0.39 is 0 Å². The van der Waals surface area contributed by atoms with Crippen LogP contribution in [0.1, 0.15) is 22.3 Å². The van der Waals surface area contributed by atoms with Crippen molar-refractivity contribution in [3.05, 3.63) is 84.1 Å². The second kappa shape index (κ2) is 11.8. The largest absolute Gasteiger partial charge is 0.457 e. The molecular weight excluding hydrogens is 438 g/mol. The van der Waals surface area contributed by atoms with Crippen LogP contribution in [-0.4, -0.2) is 74.1 Å². The zero-order chi connectivity index (χ0) is 24.6. The van der Waals surface area contributed by atoms with Crippen molar-refractivity contribution in [1.82, 2.24) is 20.1 Å². The second-order valence-electron chi connectivity index (χ2n) is 9.08. The van der Waals surface area contributed by atoms with E-state index in [1.54, 1.807) is 11.0 Å². The molecule has 0 saturated carbocycles. The zero-order valence-electron chi connectivity index (χ0n) is 20.9.